The Bertz CT molecular complexity index is 343. The molecule has 1 heterocycles. The quantitative estimate of drug-likeness (QED) is 0.812. The number of anilines is 2. The van der Waals surface area contributed by atoms with Crippen molar-refractivity contribution >= 4 is 11.6 Å². The van der Waals surface area contributed by atoms with E-state index in [0.717, 1.165) is 11.6 Å². The van der Waals surface area contributed by atoms with Crippen LogP contribution in [0.25, 0.3) is 0 Å². The van der Waals surface area contributed by atoms with E-state index in [1.54, 1.807) is 0 Å². The zero-order chi connectivity index (χ0) is 12.1. The summed E-state index contributed by atoms with van der Waals surface area (Å²) in [5.41, 5.74) is 0. The Morgan fingerprint density at radius 1 is 1.18 bits per heavy atom. The van der Waals surface area contributed by atoms with Gasteiger partial charge in [-0.15, -0.1) is 0 Å². The van der Waals surface area contributed by atoms with Crippen LogP contribution in [0.4, 0.5) is 11.6 Å². The van der Waals surface area contributed by atoms with Gasteiger partial charge in [-0.05, 0) is 25.0 Å². The molecule has 94 valence electrons. The number of hydrogen-bond donors (Lipinski definition) is 1. The van der Waals surface area contributed by atoms with Crippen molar-refractivity contribution in [3.63, 3.8) is 0 Å². The Kier molecular flexibility index (Phi) is 4.24. The first-order valence-corrected chi connectivity index (χ1v) is 6.69. The molecule has 17 heavy (non-hydrogen) atoms. The van der Waals surface area contributed by atoms with Gasteiger partial charge in [0.05, 0.1) is 0 Å². The third kappa shape index (κ3) is 3.11. The maximum Gasteiger partial charge on any atom is 0.130 e. The van der Waals surface area contributed by atoms with Gasteiger partial charge >= 0.3 is 0 Å². The van der Waals surface area contributed by atoms with E-state index in [-0.39, 0.29) is 0 Å². The molecule has 3 heteroatoms. The molecule has 0 aliphatic heterocycles. The number of nitrogens with zero attached hydrogens (tertiary/aromatic N) is 2. The summed E-state index contributed by atoms with van der Waals surface area (Å²) < 4.78 is 0. The van der Waals surface area contributed by atoms with E-state index in [2.05, 4.69) is 34.4 Å². The zero-order valence-electron chi connectivity index (χ0n) is 10.9. The van der Waals surface area contributed by atoms with E-state index in [9.17, 15) is 0 Å². The monoisotopic (exact) mass is 233 g/mol. The Balaban J connectivity index is 2.08. The second-order valence-electron chi connectivity index (χ2n) is 4.89. The third-order valence-corrected chi connectivity index (χ3v) is 3.72. The summed E-state index contributed by atoms with van der Waals surface area (Å²) in [6, 6.07) is 6.84. The molecule has 0 bridgehead atoms. The fourth-order valence-corrected chi connectivity index (χ4v) is 2.59. The maximum absolute atomic E-state index is 4.61. The highest BCUT2D eigenvalue weighted by Crippen LogP contribution is 2.24. The summed E-state index contributed by atoms with van der Waals surface area (Å²) in [5, 5.41) is 3.10. The number of nitrogens with one attached hydrogen (secondary N) is 1. The van der Waals surface area contributed by atoms with E-state index >= 15 is 0 Å². The van der Waals surface area contributed by atoms with Crippen molar-refractivity contribution in [3.8, 4) is 0 Å². The molecule has 0 atom stereocenters. The summed E-state index contributed by atoms with van der Waals surface area (Å²) in [4.78, 5) is 6.97. The predicted molar refractivity (Wildman–Crippen MR) is 73.7 cm³/mol. The lowest BCUT2D eigenvalue weighted by Gasteiger charge is -2.28. The van der Waals surface area contributed by atoms with Crippen molar-refractivity contribution < 1.29 is 0 Å². The lowest BCUT2D eigenvalue weighted by Crippen LogP contribution is -2.31. The smallest absolute Gasteiger partial charge is 0.130 e. The number of rotatable bonds is 3. The fourth-order valence-electron chi connectivity index (χ4n) is 2.59. The molecule has 0 radical (unpaired) electrons. The highest BCUT2D eigenvalue weighted by atomic mass is 15.2. The first kappa shape index (κ1) is 12.2. The minimum atomic E-state index is 0.664. The van der Waals surface area contributed by atoms with Crippen molar-refractivity contribution in [2.75, 3.05) is 24.3 Å². The van der Waals surface area contributed by atoms with Crippen LogP contribution in [0.5, 0.6) is 0 Å². The van der Waals surface area contributed by atoms with Crippen LogP contribution in [0.15, 0.2) is 18.2 Å². The first-order valence-electron chi connectivity index (χ1n) is 6.69. The summed E-state index contributed by atoms with van der Waals surface area (Å²) in [6.07, 6.45) is 8.13. The van der Waals surface area contributed by atoms with E-state index in [1.165, 1.54) is 38.5 Å². The average Bonchev–Trinajstić information content (AvgIpc) is 2.67. The van der Waals surface area contributed by atoms with E-state index in [0.29, 0.717) is 6.04 Å². The molecule has 1 aromatic heterocycles. The molecule has 0 unspecified atom stereocenters. The molecule has 1 N–H and O–H groups in total. The van der Waals surface area contributed by atoms with Gasteiger partial charge in [-0.3, -0.25) is 0 Å². The summed E-state index contributed by atoms with van der Waals surface area (Å²) in [7, 11) is 4.09. The van der Waals surface area contributed by atoms with Crippen molar-refractivity contribution in [3.05, 3.63) is 18.2 Å². The Hall–Kier alpha value is -1.25. The normalized spacial score (nSPS) is 17.5. The lowest BCUT2D eigenvalue weighted by atomic mass is 10.1. The molecule has 1 fully saturated rings. The molecule has 3 nitrogen and oxygen atoms in total. The average molecular weight is 233 g/mol. The van der Waals surface area contributed by atoms with Gasteiger partial charge in [0.25, 0.3) is 0 Å². The molecule has 0 saturated heterocycles. The molecule has 0 spiro atoms. The molecule has 1 aromatic rings. The Morgan fingerprint density at radius 3 is 2.53 bits per heavy atom. The zero-order valence-corrected chi connectivity index (χ0v) is 10.9. The second-order valence-corrected chi connectivity index (χ2v) is 4.89. The van der Waals surface area contributed by atoms with Crippen LogP contribution in [0.3, 0.4) is 0 Å². The molecular weight excluding hydrogens is 210 g/mol. The van der Waals surface area contributed by atoms with Gasteiger partial charge < -0.3 is 10.2 Å². The van der Waals surface area contributed by atoms with Gasteiger partial charge in [-0.25, -0.2) is 4.98 Å². The number of hydrogen-bond acceptors (Lipinski definition) is 3. The van der Waals surface area contributed by atoms with Crippen LogP contribution >= 0.6 is 0 Å². The van der Waals surface area contributed by atoms with Crippen LogP contribution in [0.2, 0.25) is 0 Å². The first-order chi connectivity index (χ1) is 8.31. The molecule has 1 saturated carbocycles. The maximum atomic E-state index is 4.61. The molecule has 2 rings (SSSR count). The Morgan fingerprint density at radius 2 is 1.88 bits per heavy atom. The van der Waals surface area contributed by atoms with Crippen LogP contribution < -0.4 is 10.2 Å². The minimum Gasteiger partial charge on any atom is -0.373 e. The van der Waals surface area contributed by atoms with Crippen LogP contribution in [-0.2, 0) is 0 Å². The standard InChI is InChI=1S/C14H23N3/c1-15-13-10-7-11-14(16-13)17(2)12-8-5-3-4-6-9-12/h7,10-12H,3-6,8-9H2,1-2H3,(H,15,16). The van der Waals surface area contributed by atoms with Crippen molar-refractivity contribution in [1.82, 2.24) is 4.98 Å². The van der Waals surface area contributed by atoms with E-state index in [1.807, 2.05) is 13.1 Å². The minimum absolute atomic E-state index is 0.664. The van der Waals surface area contributed by atoms with E-state index < -0.39 is 0 Å². The van der Waals surface area contributed by atoms with Crippen LogP contribution in [0.1, 0.15) is 38.5 Å². The summed E-state index contributed by atoms with van der Waals surface area (Å²) >= 11 is 0. The second kappa shape index (κ2) is 5.89. The molecular formula is C14H23N3. The van der Waals surface area contributed by atoms with Gasteiger partial charge in [0.15, 0.2) is 0 Å². The van der Waals surface area contributed by atoms with Gasteiger partial charge in [0, 0.05) is 20.1 Å². The fraction of sp³-hybridized carbons (Fsp3) is 0.643. The number of aromatic nitrogens is 1. The van der Waals surface area contributed by atoms with Crippen molar-refractivity contribution in [1.29, 1.82) is 0 Å². The van der Waals surface area contributed by atoms with Gasteiger partial charge in [-0.1, -0.05) is 31.7 Å². The SMILES string of the molecule is CNc1cccc(N(C)C2CCCCCC2)n1. The predicted octanol–water partition coefficient (Wildman–Crippen LogP) is 3.28. The van der Waals surface area contributed by atoms with E-state index in [4.69, 9.17) is 0 Å². The van der Waals surface area contributed by atoms with Gasteiger partial charge in [-0.2, -0.15) is 0 Å². The molecule has 1 aliphatic rings. The molecule has 0 aromatic carbocycles. The Labute approximate surface area is 104 Å². The van der Waals surface area contributed by atoms with Crippen LogP contribution in [-0.4, -0.2) is 25.1 Å². The van der Waals surface area contributed by atoms with Crippen molar-refractivity contribution in [2.45, 2.75) is 44.6 Å². The summed E-state index contributed by atoms with van der Waals surface area (Å²) in [5.74, 6) is 2.03. The third-order valence-electron chi connectivity index (χ3n) is 3.72. The summed E-state index contributed by atoms with van der Waals surface area (Å²) in [6.45, 7) is 0. The molecule has 1 aliphatic carbocycles. The van der Waals surface area contributed by atoms with Gasteiger partial charge in [0.1, 0.15) is 11.6 Å². The largest absolute Gasteiger partial charge is 0.373 e. The highest BCUT2D eigenvalue weighted by Gasteiger charge is 2.18. The molecule has 0 amide bonds. The highest BCUT2D eigenvalue weighted by molar-refractivity contribution is 5.46. The van der Waals surface area contributed by atoms with Crippen LogP contribution in [0, 0.1) is 0 Å². The van der Waals surface area contributed by atoms with Gasteiger partial charge in [0.2, 0.25) is 0 Å². The lowest BCUT2D eigenvalue weighted by molar-refractivity contribution is 0.549. The van der Waals surface area contributed by atoms with Crippen molar-refractivity contribution in [2.24, 2.45) is 0 Å². The number of pyridine rings is 1. The topological polar surface area (TPSA) is 28.2 Å².